The molecule has 0 aliphatic heterocycles. The summed E-state index contributed by atoms with van der Waals surface area (Å²) in [5.74, 6) is 0. The van der Waals surface area contributed by atoms with Crippen molar-refractivity contribution < 1.29 is 0 Å². The van der Waals surface area contributed by atoms with Crippen LogP contribution in [0.4, 0.5) is 0 Å². The summed E-state index contributed by atoms with van der Waals surface area (Å²) in [4.78, 5) is 26.3. The van der Waals surface area contributed by atoms with Crippen molar-refractivity contribution in [2.75, 3.05) is 0 Å². The summed E-state index contributed by atoms with van der Waals surface area (Å²) < 4.78 is 0. The molecule has 20 heavy (non-hydrogen) atoms. The molecule has 0 fully saturated rings. The van der Waals surface area contributed by atoms with Gasteiger partial charge >= 0.3 is 0 Å². The molecule has 106 valence electrons. The third kappa shape index (κ3) is 4.75. The molecule has 0 unspecified atom stereocenters. The van der Waals surface area contributed by atoms with E-state index in [1.165, 1.54) is 24.0 Å². The number of nitrogens with zero attached hydrogens (tertiary/aromatic N) is 3. The molecule has 6 nitrogen and oxygen atoms in total. The Morgan fingerprint density at radius 2 is 1.95 bits per heavy atom. The van der Waals surface area contributed by atoms with Gasteiger partial charge in [-0.1, -0.05) is 0 Å². The fourth-order valence-corrected chi connectivity index (χ4v) is 1.99. The van der Waals surface area contributed by atoms with Crippen LogP contribution in [0.3, 0.4) is 0 Å². The number of hydrogen-bond donors (Lipinski definition) is 2. The van der Waals surface area contributed by atoms with Gasteiger partial charge in [0.2, 0.25) is 0 Å². The molecular weight excluding hydrogens is 274 g/mol. The maximum atomic E-state index is 11.2. The molecule has 7 heteroatoms. The fraction of sp³-hybridized carbons (Fsp3) is 0.385. The molecule has 0 spiro atoms. The predicted octanol–water partition coefficient (Wildman–Crippen LogP) is 1.60. The quantitative estimate of drug-likeness (QED) is 0.832. The van der Waals surface area contributed by atoms with E-state index in [1.54, 1.807) is 12.4 Å². The lowest BCUT2D eigenvalue weighted by Crippen LogP contribution is -2.35. The number of aromatic amines is 1. The van der Waals surface area contributed by atoms with Gasteiger partial charge in [0.05, 0.1) is 0 Å². The Bertz CT molecular complexity index is 618. The topological polar surface area (TPSA) is 83.6 Å². The first kappa shape index (κ1) is 14.7. The van der Waals surface area contributed by atoms with E-state index in [0.717, 1.165) is 12.1 Å². The summed E-state index contributed by atoms with van der Waals surface area (Å²) in [6.45, 7) is 7.04. The summed E-state index contributed by atoms with van der Waals surface area (Å²) in [6.07, 6.45) is 5.01. The number of H-pyrrole nitrogens is 1. The lowest BCUT2D eigenvalue weighted by Gasteiger charge is -2.20. The standard InChI is InChI=1S/C13H17N5OS/c1-13(2,3)17-8-9-6-15-11(16-7-9)20-12-14-5-4-10(19)18-12/h4-7,17H,8H2,1-3H3,(H,14,18,19). The number of nitrogens with one attached hydrogen (secondary N) is 2. The molecule has 0 aliphatic carbocycles. The van der Waals surface area contributed by atoms with Gasteiger partial charge in [0.25, 0.3) is 5.56 Å². The van der Waals surface area contributed by atoms with E-state index < -0.39 is 0 Å². The first-order chi connectivity index (χ1) is 9.42. The van der Waals surface area contributed by atoms with Crippen molar-refractivity contribution >= 4 is 11.8 Å². The molecule has 2 N–H and O–H groups in total. The van der Waals surface area contributed by atoms with Gasteiger partial charge in [0.1, 0.15) is 0 Å². The second-order valence-electron chi connectivity index (χ2n) is 5.32. The van der Waals surface area contributed by atoms with Crippen LogP contribution in [-0.2, 0) is 6.54 Å². The van der Waals surface area contributed by atoms with Crippen LogP contribution in [0, 0.1) is 0 Å². The van der Waals surface area contributed by atoms with Crippen molar-refractivity contribution in [3.05, 3.63) is 40.6 Å². The molecule has 0 atom stereocenters. The van der Waals surface area contributed by atoms with E-state index in [-0.39, 0.29) is 11.1 Å². The Morgan fingerprint density at radius 3 is 2.55 bits per heavy atom. The highest BCUT2D eigenvalue weighted by atomic mass is 32.2. The van der Waals surface area contributed by atoms with E-state index in [4.69, 9.17) is 0 Å². The predicted molar refractivity (Wildman–Crippen MR) is 77.6 cm³/mol. The SMILES string of the molecule is CC(C)(C)NCc1cnc(Sc2nccc(=O)[nH]2)nc1. The van der Waals surface area contributed by atoms with Crippen LogP contribution in [0.2, 0.25) is 0 Å². The average Bonchev–Trinajstić information content (AvgIpc) is 2.37. The third-order valence-corrected chi connectivity index (χ3v) is 3.13. The first-order valence-corrected chi connectivity index (χ1v) is 7.03. The van der Waals surface area contributed by atoms with Crippen molar-refractivity contribution in [1.82, 2.24) is 25.3 Å². The molecule has 0 bridgehead atoms. The normalized spacial score (nSPS) is 11.6. The van der Waals surface area contributed by atoms with Crippen LogP contribution < -0.4 is 10.9 Å². The van der Waals surface area contributed by atoms with Crippen molar-refractivity contribution in [3.63, 3.8) is 0 Å². The van der Waals surface area contributed by atoms with Gasteiger partial charge in [0.15, 0.2) is 10.3 Å². The number of rotatable bonds is 4. The van der Waals surface area contributed by atoms with Gasteiger partial charge < -0.3 is 10.3 Å². The van der Waals surface area contributed by atoms with Gasteiger partial charge in [0, 0.05) is 42.3 Å². The second kappa shape index (κ2) is 6.15. The van der Waals surface area contributed by atoms with Gasteiger partial charge in [-0.3, -0.25) is 4.79 Å². The van der Waals surface area contributed by atoms with Crippen molar-refractivity contribution in [2.24, 2.45) is 0 Å². The molecule has 0 amide bonds. The largest absolute Gasteiger partial charge is 0.308 e. The Labute approximate surface area is 121 Å². The highest BCUT2D eigenvalue weighted by Crippen LogP contribution is 2.18. The zero-order chi connectivity index (χ0) is 14.6. The molecule has 2 rings (SSSR count). The first-order valence-electron chi connectivity index (χ1n) is 6.21. The van der Waals surface area contributed by atoms with E-state index in [1.807, 2.05) is 0 Å². The summed E-state index contributed by atoms with van der Waals surface area (Å²) in [7, 11) is 0. The average molecular weight is 291 g/mol. The van der Waals surface area contributed by atoms with Crippen molar-refractivity contribution in [2.45, 2.75) is 43.2 Å². The maximum Gasteiger partial charge on any atom is 0.251 e. The minimum absolute atomic E-state index is 0.0564. The zero-order valence-corrected chi connectivity index (χ0v) is 12.5. The van der Waals surface area contributed by atoms with E-state index in [9.17, 15) is 4.79 Å². The lowest BCUT2D eigenvalue weighted by atomic mass is 10.1. The Kier molecular flexibility index (Phi) is 4.51. The highest BCUT2D eigenvalue weighted by molar-refractivity contribution is 7.99. The number of hydrogen-bond acceptors (Lipinski definition) is 6. The van der Waals surface area contributed by atoms with Crippen molar-refractivity contribution in [3.8, 4) is 0 Å². The highest BCUT2D eigenvalue weighted by Gasteiger charge is 2.09. The smallest absolute Gasteiger partial charge is 0.251 e. The van der Waals surface area contributed by atoms with Crippen LogP contribution >= 0.6 is 11.8 Å². The third-order valence-electron chi connectivity index (χ3n) is 2.34. The van der Waals surface area contributed by atoms with E-state index >= 15 is 0 Å². The van der Waals surface area contributed by atoms with Crippen molar-refractivity contribution in [1.29, 1.82) is 0 Å². The molecule has 2 aromatic rings. The number of aromatic nitrogens is 4. The summed E-state index contributed by atoms with van der Waals surface area (Å²) in [5, 5.41) is 4.41. The molecule has 0 aromatic carbocycles. The monoisotopic (exact) mass is 291 g/mol. The molecule has 0 radical (unpaired) electrons. The van der Waals surface area contributed by atoms with E-state index in [2.05, 4.69) is 46.0 Å². The van der Waals surface area contributed by atoms with E-state index in [0.29, 0.717) is 10.3 Å². The van der Waals surface area contributed by atoms with Crippen LogP contribution in [0.1, 0.15) is 26.3 Å². The Hall–Kier alpha value is -1.73. The minimum atomic E-state index is -0.187. The van der Waals surface area contributed by atoms with Crippen LogP contribution in [0.15, 0.2) is 39.8 Å². The summed E-state index contributed by atoms with van der Waals surface area (Å²) in [6, 6.07) is 1.37. The van der Waals surface area contributed by atoms with Crippen LogP contribution in [0.5, 0.6) is 0 Å². The Balaban J connectivity index is 2.00. The van der Waals surface area contributed by atoms with Gasteiger partial charge in [-0.25, -0.2) is 15.0 Å². The lowest BCUT2D eigenvalue weighted by molar-refractivity contribution is 0.423. The fourth-order valence-electron chi connectivity index (χ4n) is 1.34. The summed E-state index contributed by atoms with van der Waals surface area (Å²) >= 11 is 1.22. The summed E-state index contributed by atoms with van der Waals surface area (Å²) in [5.41, 5.74) is 0.883. The van der Waals surface area contributed by atoms with Gasteiger partial charge in [-0.2, -0.15) is 0 Å². The van der Waals surface area contributed by atoms with Crippen LogP contribution in [0.25, 0.3) is 0 Å². The molecular formula is C13H17N5OS. The zero-order valence-electron chi connectivity index (χ0n) is 11.7. The molecule has 0 aliphatic rings. The maximum absolute atomic E-state index is 11.2. The second-order valence-corrected chi connectivity index (χ2v) is 6.27. The van der Waals surface area contributed by atoms with Gasteiger partial charge in [-0.15, -0.1) is 0 Å². The molecule has 0 saturated heterocycles. The Morgan fingerprint density at radius 1 is 1.25 bits per heavy atom. The minimum Gasteiger partial charge on any atom is -0.308 e. The molecule has 2 heterocycles. The molecule has 0 saturated carbocycles. The van der Waals surface area contributed by atoms with Crippen LogP contribution in [-0.4, -0.2) is 25.5 Å². The molecule has 2 aromatic heterocycles. The van der Waals surface area contributed by atoms with Gasteiger partial charge in [-0.05, 0) is 32.5 Å².